The smallest absolute Gasteiger partial charge is 0.0897 e. The summed E-state index contributed by atoms with van der Waals surface area (Å²) in [6.07, 6.45) is 44.2. The monoisotopic (exact) mass is 624 g/mol. The first-order valence-electron chi connectivity index (χ1n) is 20.7. The molecule has 0 aliphatic rings. The zero-order chi connectivity index (χ0) is 32.2. The predicted molar refractivity (Wildman–Crippen MR) is 198 cm³/mol. The van der Waals surface area contributed by atoms with Crippen molar-refractivity contribution in [3.8, 4) is 0 Å². The fourth-order valence-corrected chi connectivity index (χ4v) is 6.99. The number of rotatable bonds is 38. The average Bonchev–Trinajstić information content (AvgIpc) is 3.03. The molecular formula is C41H85NO2. The van der Waals surface area contributed by atoms with E-state index in [4.69, 9.17) is 0 Å². The van der Waals surface area contributed by atoms with Gasteiger partial charge >= 0.3 is 0 Å². The first-order valence-corrected chi connectivity index (χ1v) is 20.7. The van der Waals surface area contributed by atoms with Crippen LogP contribution in [-0.4, -0.2) is 47.5 Å². The Bertz CT molecular complexity index is 497. The first-order chi connectivity index (χ1) is 21.7. The molecule has 0 amide bonds. The fourth-order valence-electron chi connectivity index (χ4n) is 6.99. The number of unbranched alkanes of at least 4 members (excludes halogenated alkanes) is 25. The molecule has 0 saturated heterocycles. The summed E-state index contributed by atoms with van der Waals surface area (Å²) in [5.74, 6) is 0.971. The van der Waals surface area contributed by atoms with Gasteiger partial charge in [-0.1, -0.05) is 213 Å². The van der Waals surface area contributed by atoms with Gasteiger partial charge in [-0.05, 0) is 31.8 Å². The topological polar surface area (TPSA) is 43.7 Å². The van der Waals surface area contributed by atoms with E-state index in [0.717, 1.165) is 19.0 Å². The van der Waals surface area contributed by atoms with Gasteiger partial charge in [0.25, 0.3) is 0 Å². The van der Waals surface area contributed by atoms with Crippen molar-refractivity contribution in [2.24, 2.45) is 5.92 Å². The molecule has 2 N–H and O–H groups in total. The molecule has 0 aliphatic carbocycles. The summed E-state index contributed by atoms with van der Waals surface area (Å²) < 4.78 is 0. The van der Waals surface area contributed by atoms with Crippen molar-refractivity contribution < 1.29 is 10.2 Å². The highest BCUT2D eigenvalue weighted by Gasteiger charge is 2.11. The molecule has 0 aliphatic heterocycles. The van der Waals surface area contributed by atoms with Gasteiger partial charge in [0.15, 0.2) is 0 Å². The van der Waals surface area contributed by atoms with Crippen LogP contribution in [0.4, 0.5) is 0 Å². The van der Waals surface area contributed by atoms with Crippen LogP contribution in [0.3, 0.4) is 0 Å². The van der Waals surface area contributed by atoms with Crippen molar-refractivity contribution in [1.82, 2.24) is 4.90 Å². The molecule has 1 unspecified atom stereocenters. The lowest BCUT2D eigenvalue weighted by Gasteiger charge is -2.24. The number of aliphatic hydroxyl groups is 2. The van der Waals surface area contributed by atoms with Crippen molar-refractivity contribution in [3.05, 3.63) is 0 Å². The van der Waals surface area contributed by atoms with Gasteiger partial charge in [0.1, 0.15) is 0 Å². The molecule has 0 bridgehead atoms. The molecule has 3 heteroatoms. The number of aliphatic hydroxyl groups excluding tert-OH is 2. The number of nitrogens with zero attached hydrogens (tertiary/aromatic N) is 1. The van der Waals surface area contributed by atoms with Gasteiger partial charge in [-0.15, -0.1) is 0 Å². The summed E-state index contributed by atoms with van der Waals surface area (Å²) in [4.78, 5) is 2.42. The summed E-state index contributed by atoms with van der Waals surface area (Å²) in [7, 11) is 0. The maximum atomic E-state index is 10.1. The SMILES string of the molecule is CCCCCCCCCCCCCCN(CCCCCCCC(CCCCCCCC)CCCCCCCC)CC(O)CO. The van der Waals surface area contributed by atoms with Crippen LogP contribution in [0.2, 0.25) is 0 Å². The third-order valence-electron chi connectivity index (χ3n) is 10.0. The van der Waals surface area contributed by atoms with E-state index in [-0.39, 0.29) is 6.61 Å². The van der Waals surface area contributed by atoms with Gasteiger partial charge in [0, 0.05) is 6.54 Å². The van der Waals surface area contributed by atoms with Gasteiger partial charge in [0.05, 0.1) is 12.7 Å². The molecule has 266 valence electrons. The van der Waals surface area contributed by atoms with E-state index < -0.39 is 6.10 Å². The Morgan fingerprint density at radius 3 is 0.955 bits per heavy atom. The first kappa shape index (κ1) is 43.9. The Morgan fingerprint density at radius 2 is 0.659 bits per heavy atom. The molecule has 0 heterocycles. The van der Waals surface area contributed by atoms with E-state index in [1.807, 2.05) is 0 Å². The van der Waals surface area contributed by atoms with Crippen molar-refractivity contribution in [2.45, 2.75) is 232 Å². The molecule has 1 atom stereocenters. The summed E-state index contributed by atoms with van der Waals surface area (Å²) in [5, 5.41) is 19.5. The van der Waals surface area contributed by atoms with Crippen molar-refractivity contribution >= 4 is 0 Å². The second-order valence-electron chi connectivity index (χ2n) is 14.6. The lowest BCUT2D eigenvalue weighted by atomic mass is 9.89. The summed E-state index contributed by atoms with van der Waals surface area (Å²) in [6.45, 7) is 9.59. The lowest BCUT2D eigenvalue weighted by Crippen LogP contribution is -2.35. The highest BCUT2D eigenvalue weighted by Crippen LogP contribution is 2.25. The van der Waals surface area contributed by atoms with E-state index in [1.165, 1.54) is 205 Å². The Labute approximate surface area is 279 Å². The van der Waals surface area contributed by atoms with Crippen LogP contribution in [-0.2, 0) is 0 Å². The zero-order valence-electron chi connectivity index (χ0n) is 31.0. The fraction of sp³-hybridized carbons (Fsp3) is 1.00. The summed E-state index contributed by atoms with van der Waals surface area (Å²) in [5.41, 5.74) is 0. The van der Waals surface area contributed by atoms with E-state index in [2.05, 4.69) is 25.7 Å². The van der Waals surface area contributed by atoms with E-state index in [1.54, 1.807) is 0 Å². The second-order valence-corrected chi connectivity index (χ2v) is 14.6. The van der Waals surface area contributed by atoms with Crippen LogP contribution >= 0.6 is 0 Å². The normalized spacial score (nSPS) is 12.6. The number of hydrogen-bond acceptors (Lipinski definition) is 3. The standard InChI is InChI=1S/C41H85NO2/c1-4-7-10-13-16-17-18-19-20-21-26-31-36-42(38-41(44)39-43)37-32-27-22-25-30-35-40(33-28-23-14-11-8-5-2)34-29-24-15-12-9-6-3/h40-41,43-44H,4-39H2,1-3H3. The van der Waals surface area contributed by atoms with Gasteiger partial charge in [-0.25, -0.2) is 0 Å². The molecule has 3 nitrogen and oxygen atoms in total. The Hall–Kier alpha value is -0.120. The minimum absolute atomic E-state index is 0.117. The second kappa shape index (κ2) is 37.3. The Kier molecular flexibility index (Phi) is 37.2. The van der Waals surface area contributed by atoms with Crippen molar-refractivity contribution in [1.29, 1.82) is 0 Å². The molecule has 0 aromatic rings. The third kappa shape index (κ3) is 33.2. The van der Waals surface area contributed by atoms with Crippen LogP contribution in [0.15, 0.2) is 0 Å². The third-order valence-corrected chi connectivity index (χ3v) is 10.0. The minimum Gasteiger partial charge on any atom is -0.394 e. The van der Waals surface area contributed by atoms with Crippen LogP contribution in [0, 0.1) is 5.92 Å². The Morgan fingerprint density at radius 1 is 0.386 bits per heavy atom. The molecule has 0 fully saturated rings. The molecule has 0 rings (SSSR count). The van der Waals surface area contributed by atoms with E-state index >= 15 is 0 Å². The maximum absolute atomic E-state index is 10.1. The maximum Gasteiger partial charge on any atom is 0.0897 e. The van der Waals surface area contributed by atoms with Gasteiger partial charge in [0.2, 0.25) is 0 Å². The van der Waals surface area contributed by atoms with Crippen LogP contribution < -0.4 is 0 Å². The Balaban J connectivity index is 4.07. The largest absolute Gasteiger partial charge is 0.394 e. The van der Waals surface area contributed by atoms with Crippen LogP contribution in [0.5, 0.6) is 0 Å². The van der Waals surface area contributed by atoms with Gasteiger partial charge < -0.3 is 15.1 Å². The zero-order valence-corrected chi connectivity index (χ0v) is 31.0. The molecule has 0 aromatic heterocycles. The lowest BCUT2D eigenvalue weighted by molar-refractivity contribution is 0.0579. The predicted octanol–water partition coefficient (Wildman–Crippen LogP) is 12.8. The van der Waals surface area contributed by atoms with E-state index in [0.29, 0.717) is 6.54 Å². The highest BCUT2D eigenvalue weighted by molar-refractivity contribution is 4.66. The van der Waals surface area contributed by atoms with Crippen LogP contribution in [0.1, 0.15) is 226 Å². The average molecular weight is 624 g/mol. The molecule has 0 aromatic carbocycles. The molecular weight excluding hydrogens is 538 g/mol. The van der Waals surface area contributed by atoms with E-state index in [9.17, 15) is 10.2 Å². The molecule has 0 saturated carbocycles. The van der Waals surface area contributed by atoms with Gasteiger partial charge in [-0.3, -0.25) is 0 Å². The summed E-state index contributed by atoms with van der Waals surface area (Å²) >= 11 is 0. The molecule has 44 heavy (non-hydrogen) atoms. The number of hydrogen-bond donors (Lipinski definition) is 2. The minimum atomic E-state index is -0.595. The van der Waals surface area contributed by atoms with Crippen LogP contribution in [0.25, 0.3) is 0 Å². The molecule has 0 spiro atoms. The quantitative estimate of drug-likeness (QED) is 0.0672. The molecule has 0 radical (unpaired) electrons. The van der Waals surface area contributed by atoms with Crippen molar-refractivity contribution in [3.63, 3.8) is 0 Å². The van der Waals surface area contributed by atoms with Gasteiger partial charge in [-0.2, -0.15) is 0 Å². The summed E-state index contributed by atoms with van der Waals surface area (Å²) in [6, 6.07) is 0. The highest BCUT2D eigenvalue weighted by atomic mass is 16.3. The van der Waals surface area contributed by atoms with Crippen molar-refractivity contribution in [2.75, 3.05) is 26.2 Å².